The topological polar surface area (TPSA) is 61.8 Å². The third-order valence-corrected chi connectivity index (χ3v) is 4.71. The third-order valence-electron chi connectivity index (χ3n) is 3.93. The van der Waals surface area contributed by atoms with E-state index in [0.29, 0.717) is 0 Å². The van der Waals surface area contributed by atoms with E-state index >= 15 is 0 Å². The molecule has 3 rings (SSSR count). The zero-order chi connectivity index (χ0) is 14.8. The van der Waals surface area contributed by atoms with Gasteiger partial charge in [-0.15, -0.1) is 11.8 Å². The first-order chi connectivity index (χ1) is 10.2. The van der Waals surface area contributed by atoms with Gasteiger partial charge in [0.25, 0.3) is 0 Å². The second-order valence-electron chi connectivity index (χ2n) is 5.19. The number of nitrogens with two attached hydrogens (primary N) is 1. The first kappa shape index (κ1) is 13.8. The molecule has 1 atom stereocenters. The Balaban J connectivity index is 1.92. The average Bonchev–Trinajstić information content (AvgIpc) is 2.89. The maximum atomic E-state index is 9.42. The fourth-order valence-corrected chi connectivity index (χ4v) is 3.49. The summed E-state index contributed by atoms with van der Waals surface area (Å²) in [5.74, 6) is 0. The number of nitrogen functional groups attached to an aromatic ring is 1. The Hall–Kier alpha value is -2.12. The summed E-state index contributed by atoms with van der Waals surface area (Å²) in [5, 5.41) is 13.0. The number of nitrogens with one attached hydrogen (secondary N) is 1. The van der Waals surface area contributed by atoms with Crippen LogP contribution in [-0.2, 0) is 6.42 Å². The molecule has 0 spiro atoms. The molecule has 0 amide bonds. The molecular formula is C17H17N3S. The van der Waals surface area contributed by atoms with Crippen LogP contribution in [0.2, 0.25) is 0 Å². The molecule has 3 N–H and O–H groups in total. The molecule has 0 fully saturated rings. The summed E-state index contributed by atoms with van der Waals surface area (Å²) in [6.45, 7) is 0. The van der Waals surface area contributed by atoms with Gasteiger partial charge in [0.15, 0.2) is 0 Å². The molecule has 0 bridgehead atoms. The van der Waals surface area contributed by atoms with Gasteiger partial charge in [0.05, 0.1) is 17.3 Å². The first-order valence-corrected chi connectivity index (χ1v) is 8.17. The minimum absolute atomic E-state index is 0.254. The van der Waals surface area contributed by atoms with Crippen molar-refractivity contribution >= 4 is 23.1 Å². The standard InChI is InChI=1S/C17H17N3S/c1-21-17-4-2-3-15(14(17)10-18)20-16-8-5-11-9-12(19)6-7-13(11)16/h2-4,6-7,9,16,20H,5,8,19H2,1H3. The summed E-state index contributed by atoms with van der Waals surface area (Å²) >= 11 is 1.60. The number of nitriles is 1. The van der Waals surface area contributed by atoms with Crippen molar-refractivity contribution in [3.8, 4) is 6.07 Å². The highest BCUT2D eigenvalue weighted by Gasteiger charge is 2.23. The maximum absolute atomic E-state index is 9.42. The summed E-state index contributed by atoms with van der Waals surface area (Å²) < 4.78 is 0. The van der Waals surface area contributed by atoms with Crippen LogP contribution < -0.4 is 11.1 Å². The average molecular weight is 295 g/mol. The fourth-order valence-electron chi connectivity index (χ4n) is 2.91. The van der Waals surface area contributed by atoms with Crippen molar-refractivity contribution in [2.45, 2.75) is 23.8 Å². The molecule has 0 radical (unpaired) electrons. The number of fused-ring (bicyclic) bond motifs is 1. The highest BCUT2D eigenvalue weighted by molar-refractivity contribution is 7.98. The highest BCUT2D eigenvalue weighted by atomic mass is 32.2. The fraction of sp³-hybridized carbons (Fsp3) is 0.235. The van der Waals surface area contributed by atoms with E-state index in [1.54, 1.807) is 11.8 Å². The van der Waals surface area contributed by atoms with E-state index in [-0.39, 0.29) is 6.04 Å². The van der Waals surface area contributed by atoms with Crippen molar-refractivity contribution in [3.63, 3.8) is 0 Å². The summed E-state index contributed by atoms with van der Waals surface area (Å²) in [7, 11) is 0. The number of hydrogen-bond acceptors (Lipinski definition) is 4. The van der Waals surface area contributed by atoms with Crippen LogP contribution in [0.25, 0.3) is 0 Å². The lowest BCUT2D eigenvalue weighted by molar-refractivity contribution is 0.761. The molecule has 1 aliphatic carbocycles. The van der Waals surface area contributed by atoms with Crippen LogP contribution in [0, 0.1) is 11.3 Å². The van der Waals surface area contributed by atoms with Gasteiger partial charge in [-0.3, -0.25) is 0 Å². The normalized spacial score (nSPS) is 16.3. The van der Waals surface area contributed by atoms with Gasteiger partial charge in [0, 0.05) is 10.6 Å². The quantitative estimate of drug-likeness (QED) is 0.664. The van der Waals surface area contributed by atoms with Crippen LogP contribution in [0.1, 0.15) is 29.2 Å². The molecule has 0 saturated heterocycles. The Morgan fingerprint density at radius 1 is 1.33 bits per heavy atom. The Kier molecular flexibility index (Phi) is 3.76. The van der Waals surface area contributed by atoms with Gasteiger partial charge in [-0.25, -0.2) is 0 Å². The van der Waals surface area contributed by atoms with E-state index in [9.17, 15) is 5.26 Å². The molecule has 106 valence electrons. The number of benzene rings is 2. The Morgan fingerprint density at radius 2 is 2.19 bits per heavy atom. The summed E-state index contributed by atoms with van der Waals surface area (Å²) in [4.78, 5) is 1.01. The van der Waals surface area contributed by atoms with Crippen LogP contribution in [0.4, 0.5) is 11.4 Å². The molecule has 0 aromatic heterocycles. The van der Waals surface area contributed by atoms with Gasteiger partial charge in [-0.05, 0) is 54.5 Å². The minimum Gasteiger partial charge on any atom is -0.399 e. The first-order valence-electron chi connectivity index (χ1n) is 6.95. The lowest BCUT2D eigenvalue weighted by atomic mass is 10.1. The summed E-state index contributed by atoms with van der Waals surface area (Å²) in [6.07, 6.45) is 4.06. The molecule has 0 saturated carbocycles. The van der Waals surface area contributed by atoms with Crippen LogP contribution in [0.15, 0.2) is 41.3 Å². The van der Waals surface area contributed by atoms with Gasteiger partial charge in [0.2, 0.25) is 0 Å². The van der Waals surface area contributed by atoms with Gasteiger partial charge < -0.3 is 11.1 Å². The molecule has 3 nitrogen and oxygen atoms in total. The predicted octanol–water partition coefficient (Wildman–Crippen LogP) is 3.96. The number of hydrogen-bond donors (Lipinski definition) is 2. The summed E-state index contributed by atoms with van der Waals surface area (Å²) in [6, 6.07) is 14.6. The van der Waals surface area contributed by atoms with Gasteiger partial charge in [0.1, 0.15) is 6.07 Å². The van der Waals surface area contributed by atoms with Crippen LogP contribution in [0.3, 0.4) is 0 Å². The lowest BCUT2D eigenvalue weighted by Gasteiger charge is -2.17. The van der Waals surface area contributed by atoms with Crippen LogP contribution >= 0.6 is 11.8 Å². The van der Waals surface area contributed by atoms with E-state index in [1.165, 1.54) is 11.1 Å². The molecular weight excluding hydrogens is 278 g/mol. The second-order valence-corrected chi connectivity index (χ2v) is 6.04. The predicted molar refractivity (Wildman–Crippen MR) is 88.5 cm³/mol. The number of nitrogens with zero attached hydrogens (tertiary/aromatic N) is 1. The van der Waals surface area contributed by atoms with Crippen molar-refractivity contribution in [1.29, 1.82) is 5.26 Å². The van der Waals surface area contributed by atoms with Crippen molar-refractivity contribution in [3.05, 3.63) is 53.1 Å². The second kappa shape index (κ2) is 5.71. The maximum Gasteiger partial charge on any atom is 0.102 e. The van der Waals surface area contributed by atoms with E-state index in [2.05, 4.69) is 23.5 Å². The van der Waals surface area contributed by atoms with Gasteiger partial charge >= 0.3 is 0 Å². The molecule has 21 heavy (non-hydrogen) atoms. The molecule has 0 aliphatic heterocycles. The van der Waals surface area contributed by atoms with E-state index < -0.39 is 0 Å². The van der Waals surface area contributed by atoms with E-state index in [0.717, 1.165) is 34.7 Å². The number of rotatable bonds is 3. The third kappa shape index (κ3) is 2.57. The Labute approximate surface area is 129 Å². The van der Waals surface area contributed by atoms with E-state index in [1.807, 2.05) is 30.5 Å². The molecule has 2 aromatic rings. The molecule has 2 aromatic carbocycles. The van der Waals surface area contributed by atoms with Crippen LogP contribution in [-0.4, -0.2) is 6.26 Å². The Morgan fingerprint density at radius 3 is 2.95 bits per heavy atom. The molecule has 0 heterocycles. The molecule has 1 aliphatic rings. The van der Waals surface area contributed by atoms with Crippen LogP contribution in [0.5, 0.6) is 0 Å². The smallest absolute Gasteiger partial charge is 0.102 e. The van der Waals surface area contributed by atoms with Gasteiger partial charge in [-0.2, -0.15) is 5.26 Å². The Bertz CT molecular complexity index is 718. The largest absolute Gasteiger partial charge is 0.399 e. The lowest BCUT2D eigenvalue weighted by Crippen LogP contribution is -2.08. The SMILES string of the molecule is CSc1cccc(NC2CCc3cc(N)ccc32)c1C#N. The highest BCUT2D eigenvalue weighted by Crippen LogP contribution is 2.36. The number of anilines is 2. The van der Waals surface area contributed by atoms with Crippen molar-refractivity contribution < 1.29 is 0 Å². The van der Waals surface area contributed by atoms with Crippen molar-refractivity contribution in [1.82, 2.24) is 0 Å². The van der Waals surface area contributed by atoms with Gasteiger partial charge in [-0.1, -0.05) is 12.1 Å². The minimum atomic E-state index is 0.254. The van der Waals surface area contributed by atoms with Crippen molar-refractivity contribution in [2.24, 2.45) is 0 Å². The van der Waals surface area contributed by atoms with E-state index in [4.69, 9.17) is 5.73 Å². The molecule has 1 unspecified atom stereocenters. The van der Waals surface area contributed by atoms with Crippen molar-refractivity contribution in [2.75, 3.05) is 17.3 Å². The zero-order valence-corrected chi connectivity index (χ0v) is 12.7. The monoisotopic (exact) mass is 295 g/mol. The number of aryl methyl sites for hydroxylation is 1. The number of thioether (sulfide) groups is 1. The summed E-state index contributed by atoms with van der Waals surface area (Å²) in [5.41, 5.74) is 10.9. The molecule has 4 heteroatoms. The zero-order valence-electron chi connectivity index (χ0n) is 11.9.